The number of anilines is 1. The van der Waals surface area contributed by atoms with Gasteiger partial charge in [-0.3, -0.25) is 0 Å². The molecule has 114 valence electrons. The molecule has 0 saturated heterocycles. The predicted octanol–water partition coefficient (Wildman–Crippen LogP) is 3.16. The lowest BCUT2D eigenvalue weighted by atomic mass is 10.3. The summed E-state index contributed by atoms with van der Waals surface area (Å²) in [6.07, 6.45) is 0. The van der Waals surface area contributed by atoms with Gasteiger partial charge in [0.25, 0.3) is 0 Å². The lowest BCUT2D eigenvalue weighted by Crippen LogP contribution is -2.05. The minimum atomic E-state index is 0.142. The summed E-state index contributed by atoms with van der Waals surface area (Å²) < 4.78 is 18.2. The van der Waals surface area contributed by atoms with Crippen molar-refractivity contribution in [1.29, 1.82) is 0 Å². The number of nitrogens with two attached hydrogens (primary N) is 1. The van der Waals surface area contributed by atoms with Gasteiger partial charge in [0, 0.05) is 18.2 Å². The zero-order valence-corrected chi connectivity index (χ0v) is 13.0. The van der Waals surface area contributed by atoms with Crippen LogP contribution in [0, 0.1) is 6.92 Å². The van der Waals surface area contributed by atoms with E-state index in [4.69, 9.17) is 19.9 Å². The topological polar surface area (TPSA) is 71.5 Å². The molecule has 0 aliphatic rings. The van der Waals surface area contributed by atoms with E-state index in [1.807, 2.05) is 20.8 Å². The lowest BCUT2D eigenvalue weighted by molar-refractivity contribution is 0.370. The predicted molar refractivity (Wildman–Crippen MR) is 81.4 cm³/mol. The SMILES string of the molecule is COc1cc(OC)cc(Oc2c(N)c(C)nn2C(C)C)c1. The minimum absolute atomic E-state index is 0.142. The minimum Gasteiger partial charge on any atom is -0.496 e. The number of methoxy groups -OCH3 is 2. The van der Waals surface area contributed by atoms with Crippen molar-refractivity contribution in [3.8, 4) is 23.1 Å². The highest BCUT2D eigenvalue weighted by Crippen LogP contribution is 2.35. The Bertz CT molecular complexity index is 613. The molecule has 2 N–H and O–H groups in total. The molecule has 2 rings (SSSR count). The summed E-state index contributed by atoms with van der Waals surface area (Å²) in [7, 11) is 3.19. The highest BCUT2D eigenvalue weighted by molar-refractivity contribution is 5.55. The van der Waals surface area contributed by atoms with E-state index in [1.165, 1.54) is 0 Å². The van der Waals surface area contributed by atoms with Gasteiger partial charge in [-0.05, 0) is 20.8 Å². The van der Waals surface area contributed by atoms with Crippen molar-refractivity contribution in [3.05, 3.63) is 23.9 Å². The third kappa shape index (κ3) is 3.04. The smallest absolute Gasteiger partial charge is 0.241 e. The highest BCUT2D eigenvalue weighted by Gasteiger charge is 2.17. The van der Waals surface area contributed by atoms with E-state index in [1.54, 1.807) is 37.1 Å². The maximum Gasteiger partial charge on any atom is 0.241 e. The van der Waals surface area contributed by atoms with Gasteiger partial charge < -0.3 is 19.9 Å². The van der Waals surface area contributed by atoms with Crippen LogP contribution in [0.2, 0.25) is 0 Å². The molecule has 1 heterocycles. The number of aryl methyl sites for hydroxylation is 1. The summed E-state index contributed by atoms with van der Waals surface area (Å²) in [6.45, 7) is 5.89. The Kier molecular flexibility index (Phi) is 4.26. The van der Waals surface area contributed by atoms with Crippen LogP contribution in [0.3, 0.4) is 0 Å². The molecule has 0 bridgehead atoms. The quantitative estimate of drug-likeness (QED) is 0.916. The zero-order valence-electron chi connectivity index (χ0n) is 13.0. The molecule has 6 nitrogen and oxygen atoms in total. The van der Waals surface area contributed by atoms with Crippen LogP contribution in [0.1, 0.15) is 25.6 Å². The largest absolute Gasteiger partial charge is 0.496 e. The summed E-state index contributed by atoms with van der Waals surface area (Å²) in [4.78, 5) is 0. The second-order valence-corrected chi connectivity index (χ2v) is 4.99. The molecule has 2 aromatic rings. The Morgan fingerprint density at radius 1 is 1.05 bits per heavy atom. The summed E-state index contributed by atoms with van der Waals surface area (Å²) in [5.74, 6) is 2.41. The van der Waals surface area contributed by atoms with E-state index in [0.717, 1.165) is 5.69 Å². The molecule has 0 fully saturated rings. The van der Waals surface area contributed by atoms with Crippen molar-refractivity contribution in [2.24, 2.45) is 0 Å². The average Bonchev–Trinajstić information content (AvgIpc) is 2.75. The van der Waals surface area contributed by atoms with Crippen LogP contribution in [0.4, 0.5) is 5.69 Å². The highest BCUT2D eigenvalue weighted by atomic mass is 16.5. The first-order valence-corrected chi connectivity index (χ1v) is 6.71. The number of aromatic nitrogens is 2. The van der Waals surface area contributed by atoms with Crippen LogP contribution >= 0.6 is 0 Å². The Morgan fingerprint density at radius 2 is 1.57 bits per heavy atom. The van der Waals surface area contributed by atoms with Crippen molar-refractivity contribution in [2.75, 3.05) is 20.0 Å². The van der Waals surface area contributed by atoms with Crippen LogP contribution in [0.25, 0.3) is 0 Å². The Balaban J connectivity index is 2.42. The van der Waals surface area contributed by atoms with E-state index in [9.17, 15) is 0 Å². The first kappa shape index (κ1) is 15.0. The summed E-state index contributed by atoms with van der Waals surface area (Å²) in [6, 6.07) is 5.47. The molecule has 0 amide bonds. The molecule has 21 heavy (non-hydrogen) atoms. The van der Waals surface area contributed by atoms with Gasteiger partial charge in [-0.25, -0.2) is 4.68 Å². The maximum absolute atomic E-state index is 6.06. The Labute approximate surface area is 124 Å². The third-order valence-electron chi connectivity index (χ3n) is 3.11. The monoisotopic (exact) mass is 291 g/mol. The van der Waals surface area contributed by atoms with Gasteiger partial charge in [-0.1, -0.05) is 0 Å². The summed E-state index contributed by atoms with van der Waals surface area (Å²) >= 11 is 0. The normalized spacial score (nSPS) is 10.8. The van der Waals surface area contributed by atoms with Crippen LogP contribution in [-0.2, 0) is 0 Å². The van der Waals surface area contributed by atoms with Crippen molar-refractivity contribution in [2.45, 2.75) is 26.8 Å². The zero-order chi connectivity index (χ0) is 15.6. The molecule has 0 saturated carbocycles. The molecule has 0 aliphatic carbocycles. The van der Waals surface area contributed by atoms with Crippen LogP contribution < -0.4 is 19.9 Å². The van der Waals surface area contributed by atoms with E-state index >= 15 is 0 Å². The number of hydrogen-bond donors (Lipinski definition) is 1. The lowest BCUT2D eigenvalue weighted by Gasteiger charge is -2.13. The molecule has 1 aromatic carbocycles. The third-order valence-corrected chi connectivity index (χ3v) is 3.11. The van der Waals surface area contributed by atoms with Gasteiger partial charge in [-0.2, -0.15) is 5.10 Å². The molecule has 1 aromatic heterocycles. The van der Waals surface area contributed by atoms with E-state index in [0.29, 0.717) is 28.8 Å². The molecule has 0 aliphatic heterocycles. The summed E-state index contributed by atoms with van der Waals surface area (Å²) in [5.41, 5.74) is 7.34. The van der Waals surface area contributed by atoms with Crippen molar-refractivity contribution >= 4 is 5.69 Å². The standard InChI is InChI=1S/C15H21N3O3/c1-9(2)18-15(14(16)10(3)17-18)21-13-7-11(19-4)6-12(8-13)20-5/h6-9H,16H2,1-5H3. The van der Waals surface area contributed by atoms with E-state index in [-0.39, 0.29) is 6.04 Å². The van der Waals surface area contributed by atoms with Crippen LogP contribution in [0.5, 0.6) is 23.1 Å². The van der Waals surface area contributed by atoms with Gasteiger partial charge >= 0.3 is 0 Å². The molecule has 0 atom stereocenters. The number of benzene rings is 1. The molecule has 0 radical (unpaired) electrons. The number of nitrogens with zero attached hydrogens (tertiary/aromatic N) is 2. The number of ether oxygens (including phenoxy) is 3. The molecular formula is C15H21N3O3. The van der Waals surface area contributed by atoms with Crippen LogP contribution in [0.15, 0.2) is 18.2 Å². The van der Waals surface area contributed by atoms with Crippen LogP contribution in [-0.4, -0.2) is 24.0 Å². The van der Waals surface area contributed by atoms with Gasteiger partial charge in [0.15, 0.2) is 0 Å². The van der Waals surface area contributed by atoms with E-state index in [2.05, 4.69) is 5.10 Å². The second-order valence-electron chi connectivity index (χ2n) is 4.99. The van der Waals surface area contributed by atoms with Crippen molar-refractivity contribution < 1.29 is 14.2 Å². The summed E-state index contributed by atoms with van der Waals surface area (Å²) in [5, 5.41) is 4.40. The molecule has 0 spiro atoms. The first-order chi connectivity index (χ1) is 9.96. The van der Waals surface area contributed by atoms with E-state index < -0.39 is 0 Å². The first-order valence-electron chi connectivity index (χ1n) is 6.71. The number of rotatable bonds is 5. The maximum atomic E-state index is 6.06. The number of nitrogen functional groups attached to an aromatic ring is 1. The fourth-order valence-electron chi connectivity index (χ4n) is 1.94. The molecular weight excluding hydrogens is 270 g/mol. The van der Waals surface area contributed by atoms with Crippen molar-refractivity contribution in [3.63, 3.8) is 0 Å². The Hall–Kier alpha value is -2.37. The van der Waals surface area contributed by atoms with Crippen molar-refractivity contribution in [1.82, 2.24) is 9.78 Å². The van der Waals surface area contributed by atoms with Gasteiger partial charge in [0.05, 0.1) is 26.0 Å². The molecule has 0 unspecified atom stereocenters. The van der Waals surface area contributed by atoms with Gasteiger partial charge in [0.2, 0.25) is 5.88 Å². The fourth-order valence-corrected chi connectivity index (χ4v) is 1.94. The fraction of sp³-hybridized carbons (Fsp3) is 0.400. The Morgan fingerprint density at radius 3 is 2.05 bits per heavy atom. The molecule has 6 heteroatoms. The number of hydrogen-bond acceptors (Lipinski definition) is 5. The average molecular weight is 291 g/mol. The second kappa shape index (κ2) is 5.95. The van der Waals surface area contributed by atoms with Gasteiger partial charge in [-0.15, -0.1) is 0 Å². The van der Waals surface area contributed by atoms with Gasteiger partial charge in [0.1, 0.15) is 22.9 Å².